The van der Waals surface area contributed by atoms with Crippen molar-refractivity contribution in [2.24, 2.45) is 0 Å². The third kappa shape index (κ3) is 1.51. The lowest BCUT2D eigenvalue weighted by Gasteiger charge is -2.12. The van der Waals surface area contributed by atoms with Gasteiger partial charge >= 0.3 is 0 Å². The van der Waals surface area contributed by atoms with Crippen LogP contribution in [0.25, 0.3) is 5.57 Å². The van der Waals surface area contributed by atoms with Crippen molar-refractivity contribution in [2.75, 3.05) is 0 Å². The first kappa shape index (κ1) is 8.88. The fourth-order valence-corrected chi connectivity index (χ4v) is 1.60. The molecule has 2 N–H and O–H groups in total. The van der Waals surface area contributed by atoms with Crippen molar-refractivity contribution in [3.63, 3.8) is 0 Å². The minimum absolute atomic E-state index is 0.209. The van der Waals surface area contributed by atoms with Crippen molar-refractivity contribution >= 4 is 5.57 Å². The molecule has 0 saturated carbocycles. The molecule has 0 amide bonds. The molecule has 1 aliphatic rings. The largest absolute Gasteiger partial charge is 0.512 e. The number of hydrogen-bond acceptors (Lipinski definition) is 2. The first-order chi connectivity index (χ1) is 6.79. The van der Waals surface area contributed by atoms with Crippen LogP contribution in [0, 0.1) is 0 Å². The van der Waals surface area contributed by atoms with E-state index in [0.29, 0.717) is 17.7 Å². The second kappa shape index (κ2) is 3.58. The lowest BCUT2D eigenvalue weighted by atomic mass is 9.97. The molecule has 14 heavy (non-hydrogen) atoms. The van der Waals surface area contributed by atoms with Gasteiger partial charge in [0, 0.05) is 17.6 Å². The molecule has 0 fully saturated rings. The summed E-state index contributed by atoms with van der Waals surface area (Å²) in [6.07, 6.45) is 5.37. The van der Waals surface area contributed by atoms with Crippen molar-refractivity contribution < 1.29 is 10.2 Å². The average Bonchev–Trinajstić information content (AvgIpc) is 2.20. The number of aliphatic hydroxyl groups excluding tert-OH is 1. The van der Waals surface area contributed by atoms with E-state index in [1.165, 1.54) is 0 Å². The topological polar surface area (TPSA) is 40.5 Å². The minimum atomic E-state index is 0.209. The smallest absolute Gasteiger partial charge is 0.123 e. The third-order valence-corrected chi connectivity index (χ3v) is 2.34. The van der Waals surface area contributed by atoms with Crippen LogP contribution in [0.5, 0.6) is 5.75 Å². The maximum Gasteiger partial charge on any atom is 0.123 e. The highest BCUT2D eigenvalue weighted by Gasteiger charge is 2.11. The number of hydrogen-bond donors (Lipinski definition) is 2. The van der Waals surface area contributed by atoms with Crippen molar-refractivity contribution in [3.05, 3.63) is 47.7 Å². The first-order valence-corrected chi connectivity index (χ1v) is 4.66. The molecule has 0 saturated heterocycles. The molecule has 0 radical (unpaired) electrons. The van der Waals surface area contributed by atoms with Crippen LogP contribution in [-0.4, -0.2) is 10.2 Å². The number of para-hydroxylation sites is 1. The van der Waals surface area contributed by atoms with E-state index in [1.54, 1.807) is 18.2 Å². The van der Waals surface area contributed by atoms with Gasteiger partial charge in [0.2, 0.25) is 0 Å². The SMILES string of the molecule is OC1=C(c2ccccc2O)C=CCC1. The zero-order chi connectivity index (χ0) is 9.97. The summed E-state index contributed by atoms with van der Waals surface area (Å²) in [5.74, 6) is 0.564. The van der Waals surface area contributed by atoms with E-state index in [2.05, 4.69) is 0 Å². The zero-order valence-corrected chi connectivity index (χ0v) is 7.77. The molecule has 0 atom stereocenters. The van der Waals surface area contributed by atoms with Gasteiger partial charge in [0.25, 0.3) is 0 Å². The van der Waals surface area contributed by atoms with E-state index >= 15 is 0 Å². The van der Waals surface area contributed by atoms with Crippen LogP contribution in [0.1, 0.15) is 18.4 Å². The Kier molecular flexibility index (Phi) is 2.27. The summed E-state index contributed by atoms with van der Waals surface area (Å²) in [5.41, 5.74) is 1.43. The fourth-order valence-electron chi connectivity index (χ4n) is 1.60. The van der Waals surface area contributed by atoms with Gasteiger partial charge < -0.3 is 10.2 Å². The van der Waals surface area contributed by atoms with Gasteiger partial charge in [-0.05, 0) is 12.5 Å². The predicted octanol–water partition coefficient (Wildman–Crippen LogP) is 3.01. The van der Waals surface area contributed by atoms with Gasteiger partial charge in [0.15, 0.2) is 0 Å². The lowest BCUT2D eigenvalue weighted by Crippen LogP contribution is -1.94. The number of rotatable bonds is 1. The summed E-state index contributed by atoms with van der Waals surface area (Å²) < 4.78 is 0. The first-order valence-electron chi connectivity index (χ1n) is 4.66. The van der Waals surface area contributed by atoms with Crippen molar-refractivity contribution in [1.29, 1.82) is 0 Å². The molecule has 1 aromatic carbocycles. The molecule has 0 bridgehead atoms. The fraction of sp³-hybridized carbons (Fsp3) is 0.167. The highest BCUT2D eigenvalue weighted by atomic mass is 16.3. The van der Waals surface area contributed by atoms with Crippen molar-refractivity contribution in [1.82, 2.24) is 0 Å². The van der Waals surface area contributed by atoms with Crippen LogP contribution in [-0.2, 0) is 0 Å². The van der Waals surface area contributed by atoms with E-state index in [0.717, 1.165) is 12.0 Å². The highest BCUT2D eigenvalue weighted by Crippen LogP contribution is 2.31. The number of aromatic hydroxyl groups is 1. The van der Waals surface area contributed by atoms with Gasteiger partial charge in [-0.25, -0.2) is 0 Å². The van der Waals surface area contributed by atoms with Gasteiger partial charge in [0.05, 0.1) is 0 Å². The highest BCUT2D eigenvalue weighted by molar-refractivity contribution is 5.79. The Bertz CT molecular complexity index is 403. The molecular weight excluding hydrogens is 176 g/mol. The van der Waals surface area contributed by atoms with Gasteiger partial charge in [-0.1, -0.05) is 30.4 Å². The molecule has 72 valence electrons. The Labute approximate surface area is 82.8 Å². The van der Waals surface area contributed by atoms with Crippen LogP contribution in [0.15, 0.2) is 42.2 Å². The molecule has 0 unspecified atom stereocenters. The average molecular weight is 188 g/mol. The predicted molar refractivity (Wildman–Crippen MR) is 56.0 cm³/mol. The molecule has 0 aromatic heterocycles. The van der Waals surface area contributed by atoms with Crippen LogP contribution < -0.4 is 0 Å². The van der Waals surface area contributed by atoms with Gasteiger partial charge in [0.1, 0.15) is 11.5 Å². The summed E-state index contributed by atoms with van der Waals surface area (Å²) >= 11 is 0. The normalized spacial score (nSPS) is 16.0. The number of aliphatic hydroxyl groups is 1. The van der Waals surface area contributed by atoms with Gasteiger partial charge in [-0.2, -0.15) is 0 Å². The number of phenolic OH excluding ortho intramolecular Hbond substituents is 1. The minimum Gasteiger partial charge on any atom is -0.512 e. The maximum absolute atomic E-state index is 9.66. The second-order valence-electron chi connectivity index (χ2n) is 3.32. The summed E-state index contributed by atoms with van der Waals surface area (Å²) in [7, 11) is 0. The summed E-state index contributed by atoms with van der Waals surface area (Å²) in [4.78, 5) is 0. The van der Waals surface area contributed by atoms with Crippen LogP contribution in [0.3, 0.4) is 0 Å². The van der Waals surface area contributed by atoms with E-state index in [9.17, 15) is 10.2 Å². The van der Waals surface area contributed by atoms with E-state index in [-0.39, 0.29) is 5.75 Å². The van der Waals surface area contributed by atoms with E-state index < -0.39 is 0 Å². The van der Waals surface area contributed by atoms with E-state index in [4.69, 9.17) is 0 Å². The molecule has 1 aliphatic carbocycles. The van der Waals surface area contributed by atoms with Crippen molar-refractivity contribution in [2.45, 2.75) is 12.8 Å². The number of allylic oxidation sites excluding steroid dienone is 4. The van der Waals surface area contributed by atoms with Crippen LogP contribution >= 0.6 is 0 Å². The lowest BCUT2D eigenvalue weighted by molar-refractivity contribution is 0.390. The Morgan fingerprint density at radius 3 is 2.57 bits per heavy atom. The van der Waals surface area contributed by atoms with Gasteiger partial charge in [-0.3, -0.25) is 0 Å². The molecule has 2 nitrogen and oxygen atoms in total. The monoisotopic (exact) mass is 188 g/mol. The number of phenols is 1. The van der Waals surface area contributed by atoms with Crippen LogP contribution in [0.4, 0.5) is 0 Å². The summed E-state index contributed by atoms with van der Waals surface area (Å²) in [6.45, 7) is 0. The number of benzene rings is 1. The standard InChI is InChI=1S/C12H12O2/c13-11-7-3-1-5-9(11)10-6-2-4-8-12(10)14/h1-3,5-7,13-14H,4,8H2. The van der Waals surface area contributed by atoms with E-state index in [1.807, 2.05) is 18.2 Å². The molecule has 2 heteroatoms. The second-order valence-corrected chi connectivity index (χ2v) is 3.32. The van der Waals surface area contributed by atoms with Gasteiger partial charge in [-0.15, -0.1) is 0 Å². The molecule has 2 rings (SSSR count). The Balaban J connectivity index is 2.49. The maximum atomic E-state index is 9.66. The Morgan fingerprint density at radius 2 is 1.86 bits per heavy atom. The Morgan fingerprint density at radius 1 is 1.07 bits per heavy atom. The molecule has 0 heterocycles. The molecule has 0 aliphatic heterocycles. The zero-order valence-electron chi connectivity index (χ0n) is 7.77. The quantitative estimate of drug-likeness (QED) is 0.711. The molecular formula is C12H12O2. The summed E-state index contributed by atoms with van der Waals surface area (Å²) in [5, 5.41) is 19.3. The third-order valence-electron chi connectivity index (χ3n) is 2.34. The van der Waals surface area contributed by atoms with Crippen LogP contribution in [0.2, 0.25) is 0 Å². The molecule has 0 spiro atoms. The Hall–Kier alpha value is -1.70. The van der Waals surface area contributed by atoms with Crippen molar-refractivity contribution in [3.8, 4) is 5.75 Å². The molecule has 1 aromatic rings. The summed E-state index contributed by atoms with van der Waals surface area (Å²) in [6, 6.07) is 7.04.